The molecule has 1 fully saturated rings. The molecule has 0 saturated carbocycles. The van der Waals surface area contributed by atoms with E-state index in [9.17, 15) is 13.2 Å². The first-order valence-corrected chi connectivity index (χ1v) is 12.5. The lowest BCUT2D eigenvalue weighted by atomic mass is 10.2. The van der Waals surface area contributed by atoms with E-state index in [0.717, 1.165) is 28.3 Å². The summed E-state index contributed by atoms with van der Waals surface area (Å²) in [6.07, 6.45) is 0. The minimum atomic E-state index is -3.77. The second-order valence-electron chi connectivity index (χ2n) is 7.53. The fourth-order valence-corrected chi connectivity index (χ4v) is 6.41. The number of anilines is 2. The Hall–Kier alpha value is -2.88. The Balaban J connectivity index is 1.46. The van der Waals surface area contributed by atoms with Gasteiger partial charge in [0.05, 0.1) is 7.11 Å². The first-order valence-electron chi connectivity index (χ1n) is 10.2. The largest absolute Gasteiger partial charge is 0.497 e. The van der Waals surface area contributed by atoms with Gasteiger partial charge < -0.3 is 15.0 Å². The molecule has 2 aromatic carbocycles. The standard InChI is InChI=1S/C23H25N3O4S2/c1-17-4-3-5-18(16-17)24-23(27)22-21(10-15-31-22)32(28,29)26-13-11-25(12-14-26)19-6-8-20(30-2)9-7-19/h3-10,15-16H,11-14H2,1-2H3,(H,24,27). The number of benzene rings is 2. The highest BCUT2D eigenvalue weighted by Gasteiger charge is 2.32. The number of thiophene rings is 1. The van der Waals surface area contributed by atoms with E-state index in [2.05, 4.69) is 10.2 Å². The molecule has 32 heavy (non-hydrogen) atoms. The number of ether oxygens (including phenoxy) is 1. The lowest BCUT2D eigenvalue weighted by Crippen LogP contribution is -2.48. The van der Waals surface area contributed by atoms with E-state index in [-0.39, 0.29) is 9.77 Å². The van der Waals surface area contributed by atoms with Gasteiger partial charge in [-0.2, -0.15) is 4.31 Å². The van der Waals surface area contributed by atoms with E-state index in [1.165, 1.54) is 10.4 Å². The predicted octanol–water partition coefficient (Wildman–Crippen LogP) is 3.83. The highest BCUT2D eigenvalue weighted by Crippen LogP contribution is 2.28. The fraction of sp³-hybridized carbons (Fsp3) is 0.261. The molecule has 1 aromatic heterocycles. The van der Waals surface area contributed by atoms with Crippen LogP contribution in [0.1, 0.15) is 15.2 Å². The SMILES string of the molecule is COc1ccc(N2CCN(S(=O)(=O)c3ccsc3C(=O)Nc3cccc(C)c3)CC2)cc1. The van der Waals surface area contributed by atoms with Gasteiger partial charge in [0.1, 0.15) is 15.5 Å². The number of rotatable bonds is 6. The number of hydrogen-bond acceptors (Lipinski definition) is 6. The van der Waals surface area contributed by atoms with E-state index in [4.69, 9.17) is 4.74 Å². The second-order valence-corrected chi connectivity index (χ2v) is 10.3. The Kier molecular flexibility index (Phi) is 6.50. The first kappa shape index (κ1) is 22.3. The summed E-state index contributed by atoms with van der Waals surface area (Å²) in [5.41, 5.74) is 2.67. The number of carbonyl (C=O) groups excluding carboxylic acids is 1. The molecule has 1 N–H and O–H groups in total. The molecule has 1 amide bonds. The van der Waals surface area contributed by atoms with E-state index < -0.39 is 15.9 Å². The van der Waals surface area contributed by atoms with Crippen LogP contribution in [0.25, 0.3) is 0 Å². The summed E-state index contributed by atoms with van der Waals surface area (Å²) in [5, 5.41) is 4.45. The van der Waals surface area contributed by atoms with Crippen LogP contribution in [0.4, 0.5) is 11.4 Å². The smallest absolute Gasteiger partial charge is 0.267 e. The van der Waals surface area contributed by atoms with Gasteiger partial charge in [0.25, 0.3) is 5.91 Å². The van der Waals surface area contributed by atoms with Crippen molar-refractivity contribution in [1.82, 2.24) is 4.31 Å². The van der Waals surface area contributed by atoms with Crippen molar-refractivity contribution in [1.29, 1.82) is 0 Å². The molecule has 7 nitrogen and oxygen atoms in total. The summed E-state index contributed by atoms with van der Waals surface area (Å²) >= 11 is 1.13. The monoisotopic (exact) mass is 471 g/mol. The maximum absolute atomic E-state index is 13.3. The van der Waals surface area contributed by atoms with Crippen molar-refractivity contribution < 1.29 is 17.9 Å². The van der Waals surface area contributed by atoms with Gasteiger partial charge in [-0.25, -0.2) is 8.42 Å². The van der Waals surface area contributed by atoms with Crippen LogP contribution in [0.5, 0.6) is 5.75 Å². The van der Waals surface area contributed by atoms with Crippen molar-refractivity contribution in [2.24, 2.45) is 0 Å². The van der Waals surface area contributed by atoms with Crippen molar-refractivity contribution in [3.63, 3.8) is 0 Å². The highest BCUT2D eigenvalue weighted by molar-refractivity contribution is 7.89. The molecule has 1 saturated heterocycles. The Bertz CT molecular complexity index is 1200. The molecule has 0 unspecified atom stereocenters. The second kappa shape index (κ2) is 9.32. The third-order valence-corrected chi connectivity index (χ3v) is 8.39. The van der Waals surface area contributed by atoms with Crippen LogP contribution in [0.15, 0.2) is 64.9 Å². The summed E-state index contributed by atoms with van der Waals surface area (Å²) in [4.78, 5) is 15.2. The first-order chi connectivity index (χ1) is 15.4. The molecule has 1 aliphatic rings. The molecule has 9 heteroatoms. The van der Waals surface area contributed by atoms with Gasteiger partial charge >= 0.3 is 0 Å². The van der Waals surface area contributed by atoms with E-state index in [1.807, 2.05) is 49.4 Å². The average molecular weight is 472 g/mol. The Morgan fingerprint density at radius 2 is 1.75 bits per heavy atom. The third kappa shape index (κ3) is 4.64. The molecule has 0 atom stereocenters. The Morgan fingerprint density at radius 1 is 1.03 bits per heavy atom. The number of carbonyl (C=O) groups is 1. The van der Waals surface area contributed by atoms with Crippen molar-refractivity contribution in [3.05, 3.63) is 70.4 Å². The minimum absolute atomic E-state index is 0.0607. The molecule has 2 heterocycles. The van der Waals surface area contributed by atoms with Crippen molar-refractivity contribution in [2.75, 3.05) is 43.5 Å². The molecule has 4 rings (SSSR count). The molecular weight excluding hydrogens is 446 g/mol. The van der Waals surface area contributed by atoms with Gasteiger partial charge in [0.2, 0.25) is 10.0 Å². The summed E-state index contributed by atoms with van der Waals surface area (Å²) in [7, 11) is -2.15. The van der Waals surface area contributed by atoms with Crippen LogP contribution >= 0.6 is 11.3 Å². The van der Waals surface area contributed by atoms with Gasteiger partial charge in [-0.3, -0.25) is 4.79 Å². The number of nitrogens with one attached hydrogen (secondary N) is 1. The van der Waals surface area contributed by atoms with Gasteiger partial charge in [-0.05, 0) is 60.3 Å². The van der Waals surface area contributed by atoms with Crippen LogP contribution in [0, 0.1) is 6.92 Å². The summed E-state index contributed by atoms with van der Waals surface area (Å²) < 4.78 is 33.3. The Morgan fingerprint density at radius 3 is 2.41 bits per heavy atom. The van der Waals surface area contributed by atoms with Crippen molar-refractivity contribution in [2.45, 2.75) is 11.8 Å². The zero-order chi connectivity index (χ0) is 22.7. The summed E-state index contributed by atoms with van der Waals surface area (Å²) in [5.74, 6) is 0.366. The molecule has 1 aliphatic heterocycles. The quantitative estimate of drug-likeness (QED) is 0.591. The van der Waals surface area contributed by atoms with Crippen LogP contribution in [0.2, 0.25) is 0 Å². The minimum Gasteiger partial charge on any atom is -0.497 e. The summed E-state index contributed by atoms with van der Waals surface area (Å²) in [6.45, 7) is 3.77. The van der Waals surface area contributed by atoms with E-state index in [1.54, 1.807) is 18.6 Å². The molecule has 0 radical (unpaired) electrons. The fourth-order valence-electron chi connectivity index (χ4n) is 3.70. The molecule has 168 valence electrons. The van der Waals surface area contributed by atoms with Crippen molar-refractivity contribution in [3.8, 4) is 5.75 Å². The highest BCUT2D eigenvalue weighted by atomic mass is 32.2. The molecule has 0 aliphatic carbocycles. The number of methoxy groups -OCH3 is 1. The molecule has 3 aromatic rings. The van der Waals surface area contributed by atoms with Crippen LogP contribution in [-0.4, -0.2) is 51.9 Å². The van der Waals surface area contributed by atoms with Gasteiger partial charge in [0.15, 0.2) is 0 Å². The predicted molar refractivity (Wildman–Crippen MR) is 127 cm³/mol. The average Bonchev–Trinajstić information content (AvgIpc) is 3.30. The topological polar surface area (TPSA) is 79.0 Å². The zero-order valence-electron chi connectivity index (χ0n) is 17.9. The lowest BCUT2D eigenvalue weighted by molar-refractivity contribution is 0.102. The number of aryl methyl sites for hydroxylation is 1. The summed E-state index contributed by atoms with van der Waals surface area (Å²) in [6, 6.07) is 16.6. The van der Waals surface area contributed by atoms with Crippen molar-refractivity contribution >= 4 is 38.6 Å². The van der Waals surface area contributed by atoms with Crippen LogP contribution in [-0.2, 0) is 10.0 Å². The maximum Gasteiger partial charge on any atom is 0.267 e. The molecule has 0 spiro atoms. The maximum atomic E-state index is 13.3. The van der Waals surface area contributed by atoms with Gasteiger partial charge in [-0.1, -0.05) is 12.1 Å². The zero-order valence-corrected chi connectivity index (χ0v) is 19.6. The Labute approximate surface area is 192 Å². The number of hydrogen-bond donors (Lipinski definition) is 1. The molecular formula is C23H25N3O4S2. The normalized spacial score (nSPS) is 14.9. The van der Waals surface area contributed by atoms with E-state index in [0.29, 0.717) is 31.9 Å². The number of sulfonamides is 1. The molecule has 0 bridgehead atoms. The van der Waals surface area contributed by atoms with E-state index >= 15 is 0 Å². The third-order valence-electron chi connectivity index (χ3n) is 5.41. The van der Waals surface area contributed by atoms with Gasteiger partial charge in [0, 0.05) is 37.6 Å². The number of nitrogens with zero attached hydrogens (tertiary/aromatic N) is 2. The van der Waals surface area contributed by atoms with Crippen LogP contribution < -0.4 is 15.0 Å². The number of piperazine rings is 1. The van der Waals surface area contributed by atoms with Crippen LogP contribution in [0.3, 0.4) is 0 Å². The van der Waals surface area contributed by atoms with Gasteiger partial charge in [-0.15, -0.1) is 11.3 Å². The number of amides is 1. The lowest BCUT2D eigenvalue weighted by Gasteiger charge is -2.35.